The summed E-state index contributed by atoms with van der Waals surface area (Å²) >= 11 is 0. The van der Waals surface area contributed by atoms with Gasteiger partial charge in [-0.05, 0) is 75.5 Å². The molecule has 5 heteroatoms. The molecule has 4 aliphatic rings. The maximum absolute atomic E-state index is 12.3. The summed E-state index contributed by atoms with van der Waals surface area (Å²) in [5.41, 5.74) is -0.251. The zero-order chi connectivity index (χ0) is 17.2. The van der Waals surface area contributed by atoms with E-state index >= 15 is 0 Å². The van der Waals surface area contributed by atoms with Gasteiger partial charge in [0.25, 0.3) is 0 Å². The van der Waals surface area contributed by atoms with E-state index in [1.54, 1.807) is 6.92 Å². The van der Waals surface area contributed by atoms with Crippen LogP contribution in [0.3, 0.4) is 0 Å². The first-order valence-corrected chi connectivity index (χ1v) is 9.69. The number of ether oxygens (including phenoxy) is 2. The van der Waals surface area contributed by atoms with Gasteiger partial charge in [-0.25, -0.2) is 4.79 Å². The highest BCUT2D eigenvalue weighted by Crippen LogP contribution is 2.60. The maximum atomic E-state index is 12.3. The van der Waals surface area contributed by atoms with Gasteiger partial charge < -0.3 is 14.8 Å². The molecule has 0 spiro atoms. The molecular formula is C19H31NO4. The minimum atomic E-state index is -0.312. The molecule has 0 radical (unpaired) electrons. The molecule has 0 saturated heterocycles. The van der Waals surface area contributed by atoms with E-state index in [2.05, 4.69) is 12.2 Å². The summed E-state index contributed by atoms with van der Waals surface area (Å²) in [7, 11) is 0. The van der Waals surface area contributed by atoms with Crippen LogP contribution in [0.25, 0.3) is 0 Å². The van der Waals surface area contributed by atoms with Gasteiger partial charge in [0, 0.05) is 13.0 Å². The van der Waals surface area contributed by atoms with E-state index in [0.717, 1.165) is 18.3 Å². The summed E-state index contributed by atoms with van der Waals surface area (Å²) < 4.78 is 10.9. The predicted molar refractivity (Wildman–Crippen MR) is 90.4 cm³/mol. The molecule has 4 fully saturated rings. The Kier molecular flexibility index (Phi) is 5.36. The fourth-order valence-electron chi connectivity index (χ4n) is 5.66. The van der Waals surface area contributed by atoms with Gasteiger partial charge in [0.15, 0.2) is 0 Å². The molecule has 24 heavy (non-hydrogen) atoms. The van der Waals surface area contributed by atoms with Gasteiger partial charge in [0.2, 0.25) is 0 Å². The lowest BCUT2D eigenvalue weighted by Gasteiger charge is -2.60. The molecule has 136 valence electrons. The zero-order valence-electron chi connectivity index (χ0n) is 15.0. The van der Waals surface area contributed by atoms with E-state index in [4.69, 9.17) is 9.47 Å². The van der Waals surface area contributed by atoms with Crippen LogP contribution >= 0.6 is 0 Å². The van der Waals surface area contributed by atoms with E-state index in [0.29, 0.717) is 37.8 Å². The first-order chi connectivity index (χ1) is 11.6. The van der Waals surface area contributed by atoms with E-state index in [1.807, 2.05) is 0 Å². The molecule has 0 unspecified atom stereocenters. The molecule has 0 atom stereocenters. The summed E-state index contributed by atoms with van der Waals surface area (Å²) in [6, 6.07) is 0. The molecule has 0 aromatic heterocycles. The predicted octanol–water partition coefficient (Wildman–Crippen LogP) is 3.66. The van der Waals surface area contributed by atoms with Gasteiger partial charge >= 0.3 is 12.1 Å². The molecule has 1 N–H and O–H groups in total. The molecule has 0 aromatic carbocycles. The topological polar surface area (TPSA) is 64.6 Å². The number of alkyl carbamates (subject to hydrolysis) is 1. The number of rotatable bonds is 7. The standard InChI is InChI=1S/C19H31NO4/c1-3-19(15-9-13-8-14(11-15)12-16(19)10-13)24-18(22)20-7-5-6-17(21)23-4-2/h13-16H,3-12H2,1-2H3,(H,20,22). The Morgan fingerprint density at radius 3 is 2.21 bits per heavy atom. The van der Waals surface area contributed by atoms with Crippen LogP contribution in [0, 0.1) is 23.7 Å². The van der Waals surface area contributed by atoms with Crippen LogP contribution in [0.4, 0.5) is 4.79 Å². The maximum Gasteiger partial charge on any atom is 0.407 e. The number of carbonyl (C=O) groups is 2. The Balaban J connectivity index is 1.49. The molecule has 0 heterocycles. The lowest BCUT2D eigenvalue weighted by atomic mass is 9.49. The third kappa shape index (κ3) is 3.40. The van der Waals surface area contributed by atoms with Crippen LogP contribution in [0.1, 0.15) is 65.2 Å². The van der Waals surface area contributed by atoms with E-state index < -0.39 is 0 Å². The minimum Gasteiger partial charge on any atom is -0.466 e. The lowest BCUT2D eigenvalue weighted by molar-refractivity contribution is -0.174. The van der Waals surface area contributed by atoms with Crippen molar-refractivity contribution in [3.05, 3.63) is 0 Å². The van der Waals surface area contributed by atoms with Gasteiger partial charge in [0.1, 0.15) is 5.60 Å². The fourth-order valence-corrected chi connectivity index (χ4v) is 5.66. The molecule has 4 aliphatic carbocycles. The molecule has 1 amide bonds. The Labute approximate surface area is 144 Å². The number of hydrogen-bond donors (Lipinski definition) is 1. The highest BCUT2D eigenvalue weighted by molar-refractivity contribution is 5.70. The van der Waals surface area contributed by atoms with Gasteiger partial charge in [-0.2, -0.15) is 0 Å². The Morgan fingerprint density at radius 2 is 1.67 bits per heavy atom. The third-order valence-electron chi connectivity index (χ3n) is 6.49. The van der Waals surface area contributed by atoms with E-state index in [-0.39, 0.29) is 17.7 Å². The van der Waals surface area contributed by atoms with Crippen molar-refractivity contribution in [3.8, 4) is 0 Å². The molecule has 4 rings (SSSR count). The zero-order valence-corrected chi connectivity index (χ0v) is 15.0. The smallest absolute Gasteiger partial charge is 0.407 e. The monoisotopic (exact) mass is 337 g/mol. The quantitative estimate of drug-likeness (QED) is 0.569. The molecule has 4 saturated carbocycles. The molecule has 4 bridgehead atoms. The van der Waals surface area contributed by atoms with Crippen LogP contribution in [0.2, 0.25) is 0 Å². The van der Waals surface area contributed by atoms with E-state index in [9.17, 15) is 9.59 Å². The van der Waals surface area contributed by atoms with Crippen molar-refractivity contribution in [1.82, 2.24) is 5.32 Å². The van der Waals surface area contributed by atoms with Crippen molar-refractivity contribution in [2.75, 3.05) is 13.2 Å². The minimum absolute atomic E-state index is 0.210. The van der Waals surface area contributed by atoms with Gasteiger partial charge in [-0.15, -0.1) is 0 Å². The SMILES string of the molecule is CCOC(=O)CCCNC(=O)OC1(CC)C2CC3CC(C2)CC1C3. The second kappa shape index (κ2) is 7.32. The number of carbonyl (C=O) groups excluding carboxylic acids is 2. The summed E-state index contributed by atoms with van der Waals surface area (Å²) in [4.78, 5) is 23.6. The van der Waals surface area contributed by atoms with Crippen molar-refractivity contribution < 1.29 is 19.1 Å². The molecule has 5 nitrogen and oxygen atoms in total. The second-order valence-corrected chi connectivity index (χ2v) is 7.84. The van der Waals surface area contributed by atoms with Crippen LogP contribution in [-0.2, 0) is 14.3 Å². The highest BCUT2D eigenvalue weighted by Gasteiger charge is 2.58. The van der Waals surface area contributed by atoms with Crippen LogP contribution in [-0.4, -0.2) is 30.8 Å². The number of nitrogens with one attached hydrogen (secondary N) is 1. The third-order valence-corrected chi connectivity index (χ3v) is 6.49. The van der Waals surface area contributed by atoms with Crippen LogP contribution in [0.5, 0.6) is 0 Å². The average Bonchev–Trinajstić information content (AvgIpc) is 2.55. The number of amides is 1. The number of hydrogen-bond acceptors (Lipinski definition) is 4. The second-order valence-electron chi connectivity index (χ2n) is 7.84. The van der Waals surface area contributed by atoms with Crippen molar-refractivity contribution in [2.45, 2.75) is 70.8 Å². The normalized spacial score (nSPS) is 36.4. The van der Waals surface area contributed by atoms with Crippen molar-refractivity contribution in [2.24, 2.45) is 23.7 Å². The van der Waals surface area contributed by atoms with Gasteiger partial charge in [-0.3, -0.25) is 4.79 Å². The lowest BCUT2D eigenvalue weighted by Crippen LogP contribution is -2.60. The van der Waals surface area contributed by atoms with Crippen LogP contribution in [0.15, 0.2) is 0 Å². The average molecular weight is 337 g/mol. The Bertz CT molecular complexity index is 448. The molecular weight excluding hydrogens is 306 g/mol. The van der Waals surface area contributed by atoms with Gasteiger partial charge in [-0.1, -0.05) is 6.92 Å². The van der Waals surface area contributed by atoms with E-state index in [1.165, 1.54) is 32.1 Å². The van der Waals surface area contributed by atoms with Gasteiger partial charge in [0.05, 0.1) is 6.61 Å². The fraction of sp³-hybridized carbons (Fsp3) is 0.895. The first-order valence-electron chi connectivity index (χ1n) is 9.69. The van der Waals surface area contributed by atoms with Crippen LogP contribution < -0.4 is 5.32 Å². The molecule has 0 aromatic rings. The first kappa shape index (κ1) is 17.6. The number of esters is 1. The highest BCUT2D eigenvalue weighted by atomic mass is 16.6. The van der Waals surface area contributed by atoms with Crippen molar-refractivity contribution in [3.63, 3.8) is 0 Å². The Hall–Kier alpha value is -1.26. The largest absolute Gasteiger partial charge is 0.466 e. The summed E-state index contributed by atoms with van der Waals surface area (Å²) in [5, 5.41) is 2.83. The van der Waals surface area contributed by atoms with Crippen molar-refractivity contribution in [1.29, 1.82) is 0 Å². The summed E-state index contributed by atoms with van der Waals surface area (Å²) in [5.74, 6) is 2.61. The molecule has 0 aliphatic heterocycles. The summed E-state index contributed by atoms with van der Waals surface area (Å²) in [6.07, 6.45) is 7.85. The van der Waals surface area contributed by atoms with Crippen molar-refractivity contribution >= 4 is 12.1 Å². The summed E-state index contributed by atoms with van der Waals surface area (Å²) in [6.45, 7) is 4.81. The Morgan fingerprint density at radius 1 is 1.04 bits per heavy atom.